The molecule has 1 aliphatic carbocycles. The second-order valence-electron chi connectivity index (χ2n) is 6.95. The van der Waals surface area contributed by atoms with E-state index in [0.717, 1.165) is 17.9 Å². The lowest BCUT2D eigenvalue weighted by atomic mass is 9.75. The van der Waals surface area contributed by atoms with Gasteiger partial charge < -0.3 is 9.73 Å². The Balaban J connectivity index is 1.67. The van der Waals surface area contributed by atoms with Crippen LogP contribution in [0.5, 0.6) is 0 Å². The largest absolute Gasteiger partial charge is 0.461 e. The van der Waals surface area contributed by atoms with E-state index in [1.165, 1.54) is 36.6 Å². The van der Waals surface area contributed by atoms with E-state index in [-0.39, 0.29) is 0 Å². The number of rotatable bonds is 3. The van der Waals surface area contributed by atoms with Gasteiger partial charge in [0, 0.05) is 23.5 Å². The molecular weight excluding hydrogens is 246 g/mol. The lowest BCUT2D eigenvalue weighted by Gasteiger charge is -2.34. The number of hydrogen-bond acceptors (Lipinski definition) is 2. The van der Waals surface area contributed by atoms with E-state index in [1.807, 2.05) is 6.07 Å². The predicted molar refractivity (Wildman–Crippen MR) is 83.8 cm³/mol. The summed E-state index contributed by atoms with van der Waals surface area (Å²) in [4.78, 5) is 0. The number of para-hydroxylation sites is 1. The van der Waals surface area contributed by atoms with Crippen LogP contribution in [0.4, 0.5) is 0 Å². The van der Waals surface area contributed by atoms with Gasteiger partial charge in [-0.25, -0.2) is 0 Å². The third kappa shape index (κ3) is 2.76. The minimum Gasteiger partial charge on any atom is -0.461 e. The molecule has 1 heterocycles. The van der Waals surface area contributed by atoms with Crippen LogP contribution in [0.25, 0.3) is 11.0 Å². The summed E-state index contributed by atoms with van der Waals surface area (Å²) in [5.74, 6) is 1.05. The van der Waals surface area contributed by atoms with Crippen molar-refractivity contribution in [2.24, 2.45) is 5.41 Å². The fourth-order valence-corrected chi connectivity index (χ4v) is 3.29. The first-order valence-electron chi connectivity index (χ1n) is 7.75. The average Bonchev–Trinajstić information content (AvgIpc) is 2.73. The third-order valence-corrected chi connectivity index (χ3v) is 4.81. The van der Waals surface area contributed by atoms with Crippen molar-refractivity contribution in [3.05, 3.63) is 35.6 Å². The molecule has 0 atom stereocenters. The van der Waals surface area contributed by atoms with Gasteiger partial charge in [0.05, 0.1) is 0 Å². The summed E-state index contributed by atoms with van der Waals surface area (Å²) in [6.07, 6.45) is 5.25. The molecule has 0 amide bonds. The van der Waals surface area contributed by atoms with Gasteiger partial charge in [0.25, 0.3) is 0 Å². The van der Waals surface area contributed by atoms with Crippen molar-refractivity contribution in [1.29, 1.82) is 0 Å². The zero-order valence-corrected chi connectivity index (χ0v) is 12.8. The predicted octanol–water partition coefficient (Wildman–Crippen LogP) is 4.80. The second-order valence-corrected chi connectivity index (χ2v) is 6.95. The summed E-state index contributed by atoms with van der Waals surface area (Å²) >= 11 is 0. The van der Waals surface area contributed by atoms with Crippen LogP contribution in [0.1, 0.15) is 50.9 Å². The summed E-state index contributed by atoms with van der Waals surface area (Å²) in [6.45, 7) is 7.77. The molecule has 1 N–H and O–H groups in total. The highest BCUT2D eigenvalue weighted by atomic mass is 16.3. The van der Waals surface area contributed by atoms with Crippen molar-refractivity contribution in [3.63, 3.8) is 0 Å². The molecular formula is C18H25NO. The molecule has 0 unspecified atom stereocenters. The van der Waals surface area contributed by atoms with Crippen LogP contribution in [-0.2, 0) is 6.54 Å². The van der Waals surface area contributed by atoms with Crippen LogP contribution in [-0.4, -0.2) is 6.04 Å². The van der Waals surface area contributed by atoms with Gasteiger partial charge in [0.1, 0.15) is 11.3 Å². The van der Waals surface area contributed by atoms with E-state index in [9.17, 15) is 0 Å². The molecule has 0 saturated heterocycles. The number of nitrogens with one attached hydrogen (secondary N) is 1. The van der Waals surface area contributed by atoms with Gasteiger partial charge in [-0.3, -0.25) is 0 Å². The number of hydrogen-bond donors (Lipinski definition) is 1. The van der Waals surface area contributed by atoms with Gasteiger partial charge in [-0.05, 0) is 44.1 Å². The summed E-state index contributed by atoms with van der Waals surface area (Å²) in [7, 11) is 0. The van der Waals surface area contributed by atoms with Crippen LogP contribution in [0.15, 0.2) is 28.7 Å². The monoisotopic (exact) mass is 271 g/mol. The summed E-state index contributed by atoms with van der Waals surface area (Å²) in [5, 5.41) is 4.99. The normalized spacial score (nSPS) is 19.6. The third-order valence-electron chi connectivity index (χ3n) is 4.81. The molecule has 1 aromatic heterocycles. The van der Waals surface area contributed by atoms with Crippen molar-refractivity contribution in [2.75, 3.05) is 0 Å². The molecule has 0 spiro atoms. The van der Waals surface area contributed by atoms with Gasteiger partial charge in [-0.15, -0.1) is 0 Å². The number of benzene rings is 1. The molecule has 1 aliphatic rings. The summed E-state index contributed by atoms with van der Waals surface area (Å²) < 4.78 is 5.83. The molecule has 1 fully saturated rings. The van der Waals surface area contributed by atoms with E-state index >= 15 is 0 Å². The van der Waals surface area contributed by atoms with Gasteiger partial charge in [0.2, 0.25) is 0 Å². The van der Waals surface area contributed by atoms with Gasteiger partial charge in [0.15, 0.2) is 0 Å². The molecule has 1 aromatic carbocycles. The maximum Gasteiger partial charge on any atom is 0.134 e. The molecule has 20 heavy (non-hydrogen) atoms. The quantitative estimate of drug-likeness (QED) is 0.867. The van der Waals surface area contributed by atoms with Crippen molar-refractivity contribution in [3.8, 4) is 0 Å². The number of fused-ring (bicyclic) bond motifs is 1. The van der Waals surface area contributed by atoms with E-state index in [2.05, 4.69) is 44.3 Å². The van der Waals surface area contributed by atoms with Crippen molar-refractivity contribution in [1.82, 2.24) is 5.32 Å². The highest BCUT2D eigenvalue weighted by molar-refractivity contribution is 5.82. The Hall–Kier alpha value is -1.28. The molecule has 0 radical (unpaired) electrons. The van der Waals surface area contributed by atoms with Crippen LogP contribution >= 0.6 is 0 Å². The van der Waals surface area contributed by atoms with Gasteiger partial charge >= 0.3 is 0 Å². The summed E-state index contributed by atoms with van der Waals surface area (Å²) in [5.41, 5.74) is 2.87. The summed E-state index contributed by atoms with van der Waals surface area (Å²) in [6, 6.07) is 8.99. The van der Waals surface area contributed by atoms with Crippen LogP contribution in [0.2, 0.25) is 0 Å². The van der Waals surface area contributed by atoms with Gasteiger partial charge in [-0.2, -0.15) is 0 Å². The fraction of sp³-hybridized carbons (Fsp3) is 0.556. The zero-order chi connectivity index (χ0) is 14.2. The lowest BCUT2D eigenvalue weighted by Crippen LogP contribution is -2.35. The van der Waals surface area contributed by atoms with Crippen molar-refractivity contribution >= 4 is 11.0 Å². The maximum atomic E-state index is 5.83. The van der Waals surface area contributed by atoms with E-state index < -0.39 is 0 Å². The minimum atomic E-state index is 0.538. The molecule has 0 bridgehead atoms. The van der Waals surface area contributed by atoms with E-state index in [0.29, 0.717) is 11.5 Å². The molecule has 108 valence electrons. The Bertz CT molecular complexity index is 586. The fourth-order valence-electron chi connectivity index (χ4n) is 3.29. The Labute approximate surface area is 121 Å². The van der Waals surface area contributed by atoms with Crippen molar-refractivity contribution in [2.45, 2.75) is 59.0 Å². The van der Waals surface area contributed by atoms with Crippen LogP contribution in [0.3, 0.4) is 0 Å². The Morgan fingerprint density at radius 3 is 2.65 bits per heavy atom. The molecule has 0 aliphatic heterocycles. The average molecular weight is 271 g/mol. The highest BCUT2D eigenvalue weighted by Gasteiger charge is 2.26. The van der Waals surface area contributed by atoms with Crippen LogP contribution < -0.4 is 5.32 Å². The maximum absolute atomic E-state index is 5.83. The Kier molecular flexibility index (Phi) is 3.59. The Morgan fingerprint density at radius 2 is 1.90 bits per heavy atom. The van der Waals surface area contributed by atoms with Crippen LogP contribution in [0, 0.1) is 12.3 Å². The standard InChI is InChI=1S/C18H25NO/c1-13-16(15-6-4-5-7-17(15)20-13)12-19-14-8-10-18(2,3)11-9-14/h4-7,14,19H,8-12H2,1-3H3. The topological polar surface area (TPSA) is 25.2 Å². The smallest absolute Gasteiger partial charge is 0.134 e. The van der Waals surface area contributed by atoms with Crippen molar-refractivity contribution < 1.29 is 4.42 Å². The molecule has 2 heteroatoms. The SMILES string of the molecule is Cc1oc2ccccc2c1CNC1CCC(C)(C)CC1. The molecule has 3 rings (SSSR count). The Morgan fingerprint density at radius 1 is 1.20 bits per heavy atom. The first-order valence-corrected chi connectivity index (χ1v) is 7.75. The highest BCUT2D eigenvalue weighted by Crippen LogP contribution is 2.35. The first-order chi connectivity index (χ1) is 9.55. The van der Waals surface area contributed by atoms with E-state index in [4.69, 9.17) is 4.42 Å². The molecule has 1 saturated carbocycles. The second kappa shape index (κ2) is 5.25. The lowest BCUT2D eigenvalue weighted by molar-refractivity contribution is 0.206. The molecule has 2 nitrogen and oxygen atoms in total. The van der Waals surface area contributed by atoms with Gasteiger partial charge in [-0.1, -0.05) is 32.0 Å². The molecule has 2 aromatic rings. The number of aryl methyl sites for hydroxylation is 1. The first kappa shape index (κ1) is 13.7. The van der Waals surface area contributed by atoms with E-state index in [1.54, 1.807) is 0 Å². The number of furan rings is 1. The minimum absolute atomic E-state index is 0.538. The zero-order valence-electron chi connectivity index (χ0n) is 12.8.